The number of carbonyl (C=O) groups is 2. The second-order valence-electron chi connectivity index (χ2n) is 3.24. The lowest BCUT2D eigenvalue weighted by Gasteiger charge is -2.04. The third-order valence-corrected chi connectivity index (χ3v) is 2.16. The minimum absolute atomic E-state index is 0.0572. The molecule has 2 aromatic heterocycles. The molecule has 0 aromatic carbocycles. The first kappa shape index (κ1) is 11.3. The summed E-state index contributed by atoms with van der Waals surface area (Å²) in [4.78, 5) is 29.6. The summed E-state index contributed by atoms with van der Waals surface area (Å²) < 4.78 is 1.25. The molecule has 0 aliphatic heterocycles. The summed E-state index contributed by atoms with van der Waals surface area (Å²) in [5, 5.41) is 11.4. The smallest absolute Gasteiger partial charge is 0.354 e. The van der Waals surface area contributed by atoms with Crippen LogP contribution in [0.4, 0.5) is 5.82 Å². The van der Waals surface area contributed by atoms with E-state index < -0.39 is 5.97 Å². The summed E-state index contributed by atoms with van der Waals surface area (Å²) >= 11 is 5.74. The number of carboxylic acid groups (broad SMARTS) is 1. The number of nitrogens with one attached hydrogen (secondary N) is 1. The zero-order valence-corrected chi connectivity index (χ0v) is 9.39. The van der Waals surface area contributed by atoms with Gasteiger partial charge in [-0.1, -0.05) is 11.6 Å². The highest BCUT2D eigenvalue weighted by molar-refractivity contribution is 6.29. The van der Waals surface area contributed by atoms with Gasteiger partial charge < -0.3 is 10.4 Å². The first-order chi connectivity index (χ1) is 7.99. The summed E-state index contributed by atoms with van der Waals surface area (Å²) in [7, 11) is 0. The maximum atomic E-state index is 11.0. The van der Waals surface area contributed by atoms with Gasteiger partial charge in [0, 0.05) is 13.1 Å². The Hall–Kier alpha value is -2.15. The number of carboxylic acids is 1. The van der Waals surface area contributed by atoms with Crippen LogP contribution in [0, 0.1) is 0 Å². The lowest BCUT2D eigenvalue weighted by atomic mass is 10.5. The van der Waals surface area contributed by atoms with Crippen LogP contribution in [0.15, 0.2) is 12.4 Å². The van der Waals surface area contributed by atoms with Gasteiger partial charge >= 0.3 is 5.97 Å². The second-order valence-corrected chi connectivity index (χ2v) is 3.62. The fourth-order valence-corrected chi connectivity index (χ4v) is 1.55. The third-order valence-electron chi connectivity index (χ3n) is 1.98. The highest BCUT2D eigenvalue weighted by atomic mass is 35.5. The van der Waals surface area contributed by atoms with Crippen molar-refractivity contribution in [3.8, 4) is 0 Å². The quantitative estimate of drug-likeness (QED) is 0.835. The fraction of sp³-hybridized carbons (Fsp3) is 0.111. The van der Waals surface area contributed by atoms with E-state index in [0.29, 0.717) is 0 Å². The third kappa shape index (κ3) is 2.04. The highest BCUT2D eigenvalue weighted by Gasteiger charge is 2.15. The van der Waals surface area contributed by atoms with E-state index in [1.165, 1.54) is 23.7 Å². The SMILES string of the molecule is CC(=O)Nc1nc(Cl)cn2c(C(=O)O)cnc12. The number of nitrogens with zero attached hydrogens (tertiary/aromatic N) is 3. The molecule has 1 amide bonds. The van der Waals surface area contributed by atoms with Crippen molar-refractivity contribution in [2.75, 3.05) is 5.32 Å². The number of amides is 1. The van der Waals surface area contributed by atoms with Crippen LogP contribution in [-0.4, -0.2) is 31.4 Å². The predicted molar refractivity (Wildman–Crippen MR) is 59.3 cm³/mol. The van der Waals surface area contributed by atoms with Crippen molar-refractivity contribution in [2.24, 2.45) is 0 Å². The molecule has 0 aliphatic rings. The monoisotopic (exact) mass is 254 g/mol. The van der Waals surface area contributed by atoms with Crippen molar-refractivity contribution in [3.05, 3.63) is 23.2 Å². The van der Waals surface area contributed by atoms with Gasteiger partial charge in [0.25, 0.3) is 0 Å². The molecule has 2 rings (SSSR count). The summed E-state index contributed by atoms with van der Waals surface area (Å²) in [5.41, 5.74) is 0.165. The topological polar surface area (TPSA) is 96.6 Å². The van der Waals surface area contributed by atoms with Crippen LogP contribution in [0.2, 0.25) is 5.15 Å². The van der Waals surface area contributed by atoms with E-state index in [-0.39, 0.29) is 28.2 Å². The van der Waals surface area contributed by atoms with Crippen molar-refractivity contribution in [2.45, 2.75) is 6.92 Å². The van der Waals surface area contributed by atoms with E-state index in [2.05, 4.69) is 15.3 Å². The second kappa shape index (κ2) is 4.02. The van der Waals surface area contributed by atoms with Crippen LogP contribution >= 0.6 is 11.6 Å². The van der Waals surface area contributed by atoms with Gasteiger partial charge in [0.05, 0.1) is 6.20 Å². The van der Waals surface area contributed by atoms with Gasteiger partial charge in [0.2, 0.25) is 5.91 Å². The van der Waals surface area contributed by atoms with E-state index in [1.807, 2.05) is 0 Å². The average molecular weight is 255 g/mol. The molecule has 2 N–H and O–H groups in total. The molecule has 88 valence electrons. The number of halogens is 1. The molecule has 0 atom stereocenters. The highest BCUT2D eigenvalue weighted by Crippen LogP contribution is 2.18. The lowest BCUT2D eigenvalue weighted by Crippen LogP contribution is -2.10. The van der Waals surface area contributed by atoms with E-state index >= 15 is 0 Å². The molecule has 0 radical (unpaired) electrons. The number of carbonyl (C=O) groups excluding carboxylic acids is 1. The number of anilines is 1. The van der Waals surface area contributed by atoms with Crippen LogP contribution in [0.25, 0.3) is 5.65 Å². The molecule has 2 aromatic rings. The predicted octanol–water partition coefficient (Wildman–Crippen LogP) is 1.04. The van der Waals surface area contributed by atoms with E-state index in [9.17, 15) is 9.59 Å². The fourth-order valence-electron chi connectivity index (χ4n) is 1.37. The van der Waals surface area contributed by atoms with Crippen molar-refractivity contribution in [1.29, 1.82) is 0 Å². The van der Waals surface area contributed by atoms with E-state index in [4.69, 9.17) is 16.7 Å². The first-order valence-electron chi connectivity index (χ1n) is 4.53. The summed E-state index contributed by atoms with van der Waals surface area (Å²) in [6.45, 7) is 1.31. The van der Waals surface area contributed by atoms with Crippen LogP contribution < -0.4 is 5.32 Å². The molecule has 0 saturated heterocycles. The Morgan fingerprint density at radius 2 is 2.24 bits per heavy atom. The first-order valence-corrected chi connectivity index (χ1v) is 4.91. The Morgan fingerprint density at radius 1 is 1.53 bits per heavy atom. The molecule has 7 nitrogen and oxygen atoms in total. The molecule has 0 bridgehead atoms. The molecule has 0 fully saturated rings. The number of aromatic carboxylic acids is 1. The Bertz CT molecular complexity index is 622. The molecule has 17 heavy (non-hydrogen) atoms. The minimum atomic E-state index is -1.14. The van der Waals surface area contributed by atoms with Gasteiger partial charge in [-0.2, -0.15) is 0 Å². The van der Waals surface area contributed by atoms with Crippen LogP contribution in [0.1, 0.15) is 17.4 Å². The molecule has 2 heterocycles. The number of aromatic nitrogens is 3. The minimum Gasteiger partial charge on any atom is -0.477 e. The summed E-state index contributed by atoms with van der Waals surface area (Å²) in [5.74, 6) is -1.37. The number of hydrogen-bond donors (Lipinski definition) is 2. The van der Waals surface area contributed by atoms with E-state index in [0.717, 1.165) is 0 Å². The molecular formula is C9H7ClN4O3. The molecule has 8 heteroatoms. The Labute approximate surface area is 100 Å². The van der Waals surface area contributed by atoms with Gasteiger partial charge in [-0.15, -0.1) is 0 Å². The van der Waals surface area contributed by atoms with Gasteiger partial charge in [0.15, 0.2) is 17.2 Å². The molecule has 0 saturated carbocycles. The van der Waals surface area contributed by atoms with Gasteiger partial charge in [-0.25, -0.2) is 14.8 Å². The number of rotatable bonds is 2. The van der Waals surface area contributed by atoms with Crippen LogP contribution in [0.5, 0.6) is 0 Å². The largest absolute Gasteiger partial charge is 0.477 e. The number of imidazole rings is 1. The average Bonchev–Trinajstić information content (AvgIpc) is 2.59. The van der Waals surface area contributed by atoms with Crippen LogP contribution in [0.3, 0.4) is 0 Å². The molecular weight excluding hydrogens is 248 g/mol. The van der Waals surface area contributed by atoms with E-state index in [1.54, 1.807) is 0 Å². The maximum absolute atomic E-state index is 11.0. The van der Waals surface area contributed by atoms with Crippen LogP contribution in [-0.2, 0) is 4.79 Å². The standard InChI is InChI=1S/C9H7ClN4O3/c1-4(15)12-7-8-11-2-5(9(16)17)14(8)3-6(10)13-7/h2-3H,1H3,(H,16,17)(H,12,13,15). The Morgan fingerprint density at radius 3 is 2.82 bits per heavy atom. The lowest BCUT2D eigenvalue weighted by molar-refractivity contribution is -0.114. The van der Waals surface area contributed by atoms with Gasteiger partial charge in [0.1, 0.15) is 5.15 Å². The van der Waals surface area contributed by atoms with Crippen molar-refractivity contribution in [1.82, 2.24) is 14.4 Å². The molecule has 0 spiro atoms. The normalized spacial score (nSPS) is 10.5. The number of fused-ring (bicyclic) bond motifs is 1. The number of hydrogen-bond acceptors (Lipinski definition) is 4. The summed E-state index contributed by atoms with van der Waals surface area (Å²) in [6, 6.07) is 0. The molecule has 0 aliphatic carbocycles. The summed E-state index contributed by atoms with van der Waals surface area (Å²) in [6.07, 6.45) is 2.49. The Balaban J connectivity index is 2.69. The van der Waals surface area contributed by atoms with Gasteiger partial charge in [-0.3, -0.25) is 9.20 Å². The van der Waals surface area contributed by atoms with Gasteiger partial charge in [-0.05, 0) is 0 Å². The van der Waals surface area contributed by atoms with Crippen molar-refractivity contribution in [3.63, 3.8) is 0 Å². The van der Waals surface area contributed by atoms with Crippen molar-refractivity contribution >= 4 is 34.9 Å². The zero-order chi connectivity index (χ0) is 12.6. The zero-order valence-electron chi connectivity index (χ0n) is 8.64. The molecule has 0 unspecified atom stereocenters. The maximum Gasteiger partial charge on any atom is 0.354 e. The Kier molecular flexibility index (Phi) is 2.68. The van der Waals surface area contributed by atoms with Crippen molar-refractivity contribution < 1.29 is 14.7 Å².